The molecule has 2 aliphatic heterocycles. The van der Waals surface area contributed by atoms with Gasteiger partial charge in [0.2, 0.25) is 21.8 Å². The monoisotopic (exact) mass is 489 g/mol. The summed E-state index contributed by atoms with van der Waals surface area (Å²) in [7, 11) is -2.30. The molecule has 2 heterocycles. The summed E-state index contributed by atoms with van der Waals surface area (Å²) in [4.78, 5) is 28.1. The predicted octanol–water partition coefficient (Wildman–Crippen LogP) is 2.85. The van der Waals surface area contributed by atoms with Crippen LogP contribution in [0.5, 0.6) is 5.75 Å². The summed E-state index contributed by atoms with van der Waals surface area (Å²) >= 11 is 1.17. The van der Waals surface area contributed by atoms with E-state index in [0.717, 1.165) is 12.8 Å². The number of carbonyl (C=O) groups is 2. The van der Waals surface area contributed by atoms with E-state index in [4.69, 9.17) is 4.74 Å². The molecule has 10 heteroatoms. The largest absolute Gasteiger partial charge is 0.496 e. The van der Waals surface area contributed by atoms with Crippen LogP contribution in [0.2, 0.25) is 0 Å². The van der Waals surface area contributed by atoms with E-state index >= 15 is 0 Å². The number of hydrogen-bond acceptors (Lipinski definition) is 6. The van der Waals surface area contributed by atoms with Crippen molar-refractivity contribution < 1.29 is 22.7 Å². The van der Waals surface area contributed by atoms with Crippen LogP contribution in [-0.4, -0.2) is 50.6 Å². The number of sulfonamides is 1. The van der Waals surface area contributed by atoms with Crippen LogP contribution in [0, 0.1) is 5.92 Å². The number of nitrogens with one attached hydrogen (secondary N) is 2. The topological polar surface area (TPSA) is 105 Å². The smallest absolute Gasteiger partial charge is 0.247 e. The van der Waals surface area contributed by atoms with E-state index in [1.807, 2.05) is 6.07 Å². The third kappa shape index (κ3) is 5.18. The summed E-state index contributed by atoms with van der Waals surface area (Å²) in [6.45, 7) is 3.55. The lowest BCUT2D eigenvalue weighted by molar-refractivity contribution is -0.135. The standard InChI is InChI=1S/C23H27N3O5S2/c1-15-9-11-26(12-10-15)23(28)21-22(27)25-18-13-17(7-8-20(18)32-21)33(29,30)24-14-16-5-3-4-6-19(16)31-2/h3-8,13,15,21,24H,9-12,14H2,1-2H3,(H,25,27). The van der Waals surface area contributed by atoms with Crippen LogP contribution in [-0.2, 0) is 26.2 Å². The number of rotatable bonds is 6. The number of amides is 2. The molecular formula is C23H27N3O5S2. The number of ether oxygens (including phenoxy) is 1. The van der Waals surface area contributed by atoms with Crippen molar-refractivity contribution >= 4 is 39.3 Å². The highest BCUT2D eigenvalue weighted by Gasteiger charge is 2.37. The first-order valence-corrected chi connectivity index (χ1v) is 13.2. The van der Waals surface area contributed by atoms with Crippen molar-refractivity contribution in [3.05, 3.63) is 48.0 Å². The molecule has 33 heavy (non-hydrogen) atoms. The van der Waals surface area contributed by atoms with Crippen molar-refractivity contribution in [3.63, 3.8) is 0 Å². The second-order valence-electron chi connectivity index (χ2n) is 8.29. The number of nitrogens with zero attached hydrogens (tertiary/aromatic N) is 1. The molecule has 2 amide bonds. The number of carbonyl (C=O) groups excluding carboxylic acids is 2. The lowest BCUT2D eigenvalue weighted by Gasteiger charge is -2.33. The third-order valence-corrected chi connectivity index (χ3v) is 8.63. The summed E-state index contributed by atoms with van der Waals surface area (Å²) in [5, 5.41) is 1.86. The lowest BCUT2D eigenvalue weighted by Crippen LogP contribution is -2.47. The van der Waals surface area contributed by atoms with E-state index in [1.54, 1.807) is 29.2 Å². The van der Waals surface area contributed by atoms with Crippen molar-refractivity contribution in [2.75, 3.05) is 25.5 Å². The van der Waals surface area contributed by atoms with Gasteiger partial charge >= 0.3 is 0 Å². The molecule has 1 saturated heterocycles. The Hall–Kier alpha value is -2.56. The van der Waals surface area contributed by atoms with Gasteiger partial charge in [0.05, 0.1) is 17.7 Å². The van der Waals surface area contributed by atoms with Crippen LogP contribution >= 0.6 is 11.8 Å². The lowest BCUT2D eigenvalue weighted by atomic mass is 9.99. The van der Waals surface area contributed by atoms with Crippen molar-refractivity contribution in [2.45, 2.75) is 41.4 Å². The van der Waals surface area contributed by atoms with Crippen LogP contribution in [0.3, 0.4) is 0 Å². The molecule has 1 unspecified atom stereocenters. The number of benzene rings is 2. The molecule has 2 aromatic rings. The van der Waals surface area contributed by atoms with Crippen LogP contribution in [0.1, 0.15) is 25.3 Å². The summed E-state index contributed by atoms with van der Waals surface area (Å²) < 4.78 is 33.5. The molecule has 0 radical (unpaired) electrons. The fourth-order valence-corrected chi connectivity index (χ4v) is 6.00. The van der Waals surface area contributed by atoms with Crippen LogP contribution in [0.15, 0.2) is 52.3 Å². The van der Waals surface area contributed by atoms with Gasteiger partial charge in [0.15, 0.2) is 5.25 Å². The van der Waals surface area contributed by atoms with Crippen LogP contribution in [0.4, 0.5) is 5.69 Å². The number of likely N-dealkylation sites (tertiary alicyclic amines) is 1. The number of para-hydroxylation sites is 1. The maximum atomic E-state index is 12.9. The second-order valence-corrected chi connectivity index (χ2v) is 11.2. The highest BCUT2D eigenvalue weighted by atomic mass is 32.2. The molecule has 2 N–H and O–H groups in total. The van der Waals surface area contributed by atoms with Crippen molar-refractivity contribution in [1.29, 1.82) is 0 Å². The fraction of sp³-hybridized carbons (Fsp3) is 0.391. The molecule has 2 aromatic carbocycles. The number of fused-ring (bicyclic) bond motifs is 1. The Morgan fingerprint density at radius 1 is 1.21 bits per heavy atom. The molecule has 0 saturated carbocycles. The van der Waals surface area contributed by atoms with Crippen LogP contribution < -0.4 is 14.8 Å². The number of methoxy groups -OCH3 is 1. The SMILES string of the molecule is COc1ccccc1CNS(=O)(=O)c1ccc2c(c1)NC(=O)C(C(=O)N1CCC(C)CC1)S2. The number of piperidine rings is 1. The third-order valence-electron chi connectivity index (χ3n) is 5.97. The maximum absolute atomic E-state index is 12.9. The van der Waals surface area contributed by atoms with Gasteiger partial charge in [-0.15, -0.1) is 11.8 Å². The van der Waals surface area contributed by atoms with Gasteiger partial charge in [0, 0.05) is 30.1 Å². The van der Waals surface area contributed by atoms with E-state index in [2.05, 4.69) is 17.0 Å². The highest BCUT2D eigenvalue weighted by molar-refractivity contribution is 8.01. The minimum absolute atomic E-state index is 0.0341. The number of anilines is 1. The molecule has 8 nitrogen and oxygen atoms in total. The molecule has 4 rings (SSSR count). The van der Waals surface area contributed by atoms with E-state index in [9.17, 15) is 18.0 Å². The molecule has 0 aliphatic carbocycles. The maximum Gasteiger partial charge on any atom is 0.247 e. The fourth-order valence-electron chi connectivity index (χ4n) is 3.92. The first kappa shape index (κ1) is 23.6. The average Bonchev–Trinajstić information content (AvgIpc) is 2.82. The Bertz CT molecular complexity index is 1160. The second kappa shape index (κ2) is 9.74. The Labute approximate surface area is 198 Å². The zero-order chi connectivity index (χ0) is 23.6. The first-order valence-electron chi connectivity index (χ1n) is 10.8. The summed E-state index contributed by atoms with van der Waals surface area (Å²) in [5.41, 5.74) is 1.10. The highest BCUT2D eigenvalue weighted by Crippen LogP contribution is 2.38. The average molecular weight is 490 g/mol. The molecule has 2 aliphatic rings. The Kier molecular flexibility index (Phi) is 6.96. The molecule has 1 fully saturated rings. The summed E-state index contributed by atoms with van der Waals surface area (Å²) in [6, 6.07) is 11.7. The Morgan fingerprint density at radius 3 is 2.67 bits per heavy atom. The predicted molar refractivity (Wildman–Crippen MR) is 127 cm³/mol. The Morgan fingerprint density at radius 2 is 1.94 bits per heavy atom. The van der Waals surface area contributed by atoms with Crippen molar-refractivity contribution in [3.8, 4) is 5.75 Å². The van der Waals surface area contributed by atoms with Gasteiger partial charge in [-0.3, -0.25) is 9.59 Å². The van der Waals surface area contributed by atoms with E-state index in [1.165, 1.54) is 31.0 Å². The molecular weight excluding hydrogens is 462 g/mol. The van der Waals surface area contributed by atoms with Gasteiger partial charge < -0.3 is 15.0 Å². The van der Waals surface area contributed by atoms with Crippen molar-refractivity contribution in [2.24, 2.45) is 5.92 Å². The van der Waals surface area contributed by atoms with Gasteiger partial charge in [-0.25, -0.2) is 13.1 Å². The number of hydrogen-bond donors (Lipinski definition) is 2. The first-order chi connectivity index (χ1) is 15.8. The van der Waals surface area contributed by atoms with E-state index < -0.39 is 21.2 Å². The minimum Gasteiger partial charge on any atom is -0.496 e. The molecule has 0 spiro atoms. The quantitative estimate of drug-likeness (QED) is 0.605. The van der Waals surface area contributed by atoms with E-state index in [-0.39, 0.29) is 17.3 Å². The van der Waals surface area contributed by atoms with Gasteiger partial charge in [-0.05, 0) is 43.0 Å². The molecule has 0 bridgehead atoms. The zero-order valence-electron chi connectivity index (χ0n) is 18.5. The van der Waals surface area contributed by atoms with Gasteiger partial charge in [0.1, 0.15) is 5.75 Å². The van der Waals surface area contributed by atoms with Crippen molar-refractivity contribution in [1.82, 2.24) is 9.62 Å². The zero-order valence-corrected chi connectivity index (χ0v) is 20.2. The molecule has 1 atom stereocenters. The summed E-state index contributed by atoms with van der Waals surface area (Å²) in [5.74, 6) is 0.561. The Balaban J connectivity index is 1.47. The summed E-state index contributed by atoms with van der Waals surface area (Å²) in [6.07, 6.45) is 1.87. The van der Waals surface area contributed by atoms with Crippen LogP contribution in [0.25, 0.3) is 0 Å². The molecule has 0 aromatic heterocycles. The van der Waals surface area contributed by atoms with E-state index in [0.29, 0.717) is 40.9 Å². The normalized spacial score (nSPS) is 19.0. The number of thioether (sulfide) groups is 1. The molecule has 176 valence electrons. The minimum atomic E-state index is -3.83. The van der Waals surface area contributed by atoms with Gasteiger partial charge in [-0.2, -0.15) is 0 Å². The van der Waals surface area contributed by atoms with Gasteiger partial charge in [0.25, 0.3) is 0 Å². The van der Waals surface area contributed by atoms with Gasteiger partial charge in [-0.1, -0.05) is 25.1 Å².